The number of halogens is 4. The molecule has 30 heavy (non-hydrogen) atoms. The van der Waals surface area contributed by atoms with Crippen molar-refractivity contribution in [3.8, 4) is 5.75 Å². The highest BCUT2D eigenvalue weighted by Crippen LogP contribution is 2.24. The Bertz CT molecular complexity index is 1010. The molecule has 0 unspecified atom stereocenters. The van der Waals surface area contributed by atoms with E-state index in [2.05, 4.69) is 4.74 Å². The summed E-state index contributed by atoms with van der Waals surface area (Å²) in [6.07, 6.45) is -4.78. The molecular weight excluding hydrogens is 445 g/mol. The van der Waals surface area contributed by atoms with E-state index in [1.54, 1.807) is 12.1 Å². The number of benzene rings is 2. The average Bonchev–Trinajstić information content (AvgIpc) is 2.68. The van der Waals surface area contributed by atoms with Gasteiger partial charge in [0.05, 0.1) is 11.3 Å². The first kappa shape index (κ1) is 22.4. The van der Waals surface area contributed by atoms with E-state index in [1.807, 2.05) is 0 Å². The Hall–Kier alpha value is -2.30. The summed E-state index contributed by atoms with van der Waals surface area (Å²) in [5.74, 6) is -0.599. The van der Waals surface area contributed by atoms with Gasteiger partial charge >= 0.3 is 6.36 Å². The maximum atomic E-state index is 12.7. The van der Waals surface area contributed by atoms with Crippen molar-refractivity contribution in [2.45, 2.75) is 17.7 Å². The number of sulfonamides is 1. The molecule has 1 heterocycles. The van der Waals surface area contributed by atoms with Crippen LogP contribution in [0.15, 0.2) is 53.4 Å². The molecule has 6 nitrogen and oxygen atoms in total. The molecule has 1 fully saturated rings. The van der Waals surface area contributed by atoms with Crippen LogP contribution in [0.2, 0.25) is 5.02 Å². The van der Waals surface area contributed by atoms with E-state index in [9.17, 15) is 26.4 Å². The highest BCUT2D eigenvalue weighted by molar-refractivity contribution is 7.89. The first-order valence-corrected chi connectivity index (χ1v) is 10.7. The largest absolute Gasteiger partial charge is 0.573 e. The van der Waals surface area contributed by atoms with Crippen LogP contribution in [0.5, 0.6) is 5.75 Å². The Kier molecular flexibility index (Phi) is 6.59. The fraction of sp³-hybridized carbons (Fsp3) is 0.316. The number of rotatable bonds is 5. The van der Waals surface area contributed by atoms with E-state index in [0.29, 0.717) is 10.6 Å². The van der Waals surface area contributed by atoms with E-state index in [0.717, 1.165) is 12.1 Å². The van der Waals surface area contributed by atoms with Crippen molar-refractivity contribution >= 4 is 27.5 Å². The lowest BCUT2D eigenvalue weighted by Gasteiger charge is -2.34. The minimum absolute atomic E-state index is 0.00661. The van der Waals surface area contributed by atoms with Gasteiger partial charge in [-0.15, -0.1) is 13.2 Å². The van der Waals surface area contributed by atoms with Gasteiger partial charge in [-0.1, -0.05) is 29.8 Å². The highest BCUT2D eigenvalue weighted by atomic mass is 35.5. The fourth-order valence-corrected chi connectivity index (χ4v) is 4.77. The molecule has 0 bridgehead atoms. The van der Waals surface area contributed by atoms with Gasteiger partial charge in [0.25, 0.3) is 0 Å². The van der Waals surface area contributed by atoms with Crippen LogP contribution in [0.4, 0.5) is 13.2 Å². The molecule has 1 aliphatic heterocycles. The number of piperazine rings is 1. The third kappa shape index (κ3) is 5.65. The van der Waals surface area contributed by atoms with Crippen molar-refractivity contribution in [3.63, 3.8) is 0 Å². The van der Waals surface area contributed by atoms with Crippen molar-refractivity contribution < 1.29 is 31.1 Å². The first-order chi connectivity index (χ1) is 14.0. The van der Waals surface area contributed by atoms with Gasteiger partial charge in [-0.3, -0.25) is 4.79 Å². The van der Waals surface area contributed by atoms with Crippen LogP contribution >= 0.6 is 11.6 Å². The number of carbonyl (C=O) groups excluding carboxylic acids is 1. The monoisotopic (exact) mass is 462 g/mol. The molecule has 3 rings (SSSR count). The van der Waals surface area contributed by atoms with Crippen LogP contribution < -0.4 is 4.74 Å². The van der Waals surface area contributed by atoms with Crippen molar-refractivity contribution in [2.24, 2.45) is 0 Å². The highest BCUT2D eigenvalue weighted by Gasteiger charge is 2.31. The minimum Gasteiger partial charge on any atom is -0.406 e. The SMILES string of the molecule is O=C(Cc1ccc(OC(F)(F)F)cc1)N1CCN(S(=O)(=O)c2cccc(Cl)c2)CC1. The Balaban J connectivity index is 1.56. The summed E-state index contributed by atoms with van der Waals surface area (Å²) in [6, 6.07) is 11.0. The quantitative estimate of drug-likeness (QED) is 0.683. The second kappa shape index (κ2) is 8.83. The molecule has 11 heteroatoms. The number of nitrogens with zero attached hydrogens (tertiary/aromatic N) is 2. The molecule has 0 saturated carbocycles. The van der Waals surface area contributed by atoms with Crippen molar-refractivity contribution in [1.29, 1.82) is 0 Å². The predicted octanol–water partition coefficient (Wildman–Crippen LogP) is 3.31. The lowest BCUT2D eigenvalue weighted by Crippen LogP contribution is -2.50. The van der Waals surface area contributed by atoms with Crippen LogP contribution in [0.1, 0.15) is 5.56 Å². The molecule has 2 aromatic rings. The van der Waals surface area contributed by atoms with Crippen LogP contribution in [-0.4, -0.2) is 56.1 Å². The molecule has 1 saturated heterocycles. The maximum Gasteiger partial charge on any atom is 0.573 e. The Labute approximate surface area is 176 Å². The number of ether oxygens (including phenoxy) is 1. The summed E-state index contributed by atoms with van der Waals surface area (Å²) in [5.41, 5.74) is 0.531. The van der Waals surface area contributed by atoms with Gasteiger partial charge in [-0.05, 0) is 35.9 Å². The number of alkyl halides is 3. The summed E-state index contributed by atoms with van der Waals surface area (Å²) >= 11 is 5.87. The summed E-state index contributed by atoms with van der Waals surface area (Å²) in [7, 11) is -3.71. The zero-order valence-electron chi connectivity index (χ0n) is 15.6. The Morgan fingerprint density at radius 1 is 1.03 bits per heavy atom. The van der Waals surface area contributed by atoms with Crippen molar-refractivity contribution in [2.75, 3.05) is 26.2 Å². The molecule has 0 aromatic heterocycles. The summed E-state index contributed by atoms with van der Waals surface area (Å²) < 4.78 is 67.1. The number of hydrogen-bond donors (Lipinski definition) is 0. The van der Waals surface area contributed by atoms with Crippen molar-refractivity contribution in [3.05, 3.63) is 59.1 Å². The topological polar surface area (TPSA) is 66.9 Å². The minimum atomic E-state index is -4.78. The second-order valence-electron chi connectivity index (χ2n) is 6.61. The van der Waals surface area contributed by atoms with Gasteiger partial charge in [0.15, 0.2) is 0 Å². The summed E-state index contributed by atoms with van der Waals surface area (Å²) in [5, 5.41) is 0.316. The molecule has 2 aromatic carbocycles. The Morgan fingerprint density at radius 2 is 1.67 bits per heavy atom. The number of carbonyl (C=O) groups is 1. The molecule has 0 aliphatic carbocycles. The standard InChI is InChI=1S/C19H18ClF3N2O4S/c20-15-2-1-3-17(13-15)30(27,28)25-10-8-24(9-11-25)18(26)12-14-4-6-16(7-5-14)29-19(21,22)23/h1-7,13H,8-12H2. The normalized spacial score (nSPS) is 15.8. The van der Waals surface area contributed by atoms with Gasteiger partial charge in [0.2, 0.25) is 15.9 Å². The van der Waals surface area contributed by atoms with E-state index >= 15 is 0 Å². The zero-order chi connectivity index (χ0) is 21.9. The van der Waals surface area contributed by atoms with Gasteiger partial charge in [0, 0.05) is 31.2 Å². The van der Waals surface area contributed by atoms with Gasteiger partial charge in [0.1, 0.15) is 5.75 Å². The van der Waals surface area contributed by atoms with E-state index in [1.165, 1.54) is 33.5 Å². The third-order valence-electron chi connectivity index (χ3n) is 4.54. The molecule has 0 atom stereocenters. The molecule has 1 amide bonds. The Morgan fingerprint density at radius 3 is 2.23 bits per heavy atom. The average molecular weight is 463 g/mol. The van der Waals surface area contributed by atoms with Gasteiger partial charge in [-0.25, -0.2) is 8.42 Å². The second-order valence-corrected chi connectivity index (χ2v) is 8.99. The van der Waals surface area contributed by atoms with E-state index in [4.69, 9.17) is 11.6 Å². The predicted molar refractivity (Wildman–Crippen MR) is 104 cm³/mol. The van der Waals surface area contributed by atoms with Crippen molar-refractivity contribution in [1.82, 2.24) is 9.21 Å². The van der Waals surface area contributed by atoms with Gasteiger partial charge < -0.3 is 9.64 Å². The maximum absolute atomic E-state index is 12.7. The number of hydrogen-bond acceptors (Lipinski definition) is 4. The van der Waals surface area contributed by atoms with Crippen LogP contribution in [0.25, 0.3) is 0 Å². The molecule has 1 aliphatic rings. The lowest BCUT2D eigenvalue weighted by molar-refractivity contribution is -0.274. The fourth-order valence-electron chi connectivity index (χ4n) is 3.05. The molecule has 0 spiro atoms. The summed E-state index contributed by atoms with van der Waals surface area (Å²) in [6.45, 7) is 0.708. The lowest BCUT2D eigenvalue weighted by atomic mass is 10.1. The molecule has 0 N–H and O–H groups in total. The van der Waals surface area contributed by atoms with Crippen LogP contribution in [0, 0.1) is 0 Å². The van der Waals surface area contributed by atoms with E-state index in [-0.39, 0.29) is 49.2 Å². The van der Waals surface area contributed by atoms with Crippen LogP contribution in [0.3, 0.4) is 0 Å². The molecule has 162 valence electrons. The summed E-state index contributed by atoms with van der Waals surface area (Å²) in [4.78, 5) is 14.1. The molecule has 0 radical (unpaired) electrons. The first-order valence-electron chi connectivity index (χ1n) is 8.93. The third-order valence-corrected chi connectivity index (χ3v) is 6.67. The van der Waals surface area contributed by atoms with Gasteiger partial charge in [-0.2, -0.15) is 4.31 Å². The number of amides is 1. The molecular formula is C19H18ClF3N2O4S. The smallest absolute Gasteiger partial charge is 0.406 e. The van der Waals surface area contributed by atoms with Crippen LogP contribution in [-0.2, 0) is 21.2 Å². The van der Waals surface area contributed by atoms with E-state index < -0.39 is 16.4 Å². The zero-order valence-corrected chi connectivity index (χ0v) is 17.2.